The number of amides is 1. The third-order valence-electron chi connectivity index (χ3n) is 4.91. The van der Waals surface area contributed by atoms with Crippen LogP contribution in [0.4, 0.5) is 0 Å². The van der Waals surface area contributed by atoms with E-state index in [0.717, 1.165) is 17.5 Å². The molecule has 0 aromatic heterocycles. The molecule has 1 amide bonds. The van der Waals surface area contributed by atoms with Crippen molar-refractivity contribution in [3.8, 4) is 17.2 Å². The first-order valence-corrected chi connectivity index (χ1v) is 9.17. The summed E-state index contributed by atoms with van der Waals surface area (Å²) in [5, 5.41) is 19.8. The van der Waals surface area contributed by atoms with Gasteiger partial charge in [-0.25, -0.2) is 0 Å². The Kier molecular flexibility index (Phi) is 5.59. The summed E-state index contributed by atoms with van der Waals surface area (Å²) >= 11 is 0. The zero-order chi connectivity index (χ0) is 19.4. The van der Waals surface area contributed by atoms with Gasteiger partial charge in [0.2, 0.25) is 0 Å². The van der Waals surface area contributed by atoms with E-state index in [2.05, 4.69) is 6.07 Å². The van der Waals surface area contributed by atoms with Gasteiger partial charge in [-0.1, -0.05) is 24.3 Å². The maximum Gasteiger partial charge on any atom is 0.253 e. The van der Waals surface area contributed by atoms with E-state index in [9.17, 15) is 9.90 Å². The van der Waals surface area contributed by atoms with Crippen molar-refractivity contribution in [2.24, 2.45) is 0 Å². The van der Waals surface area contributed by atoms with Gasteiger partial charge >= 0.3 is 0 Å². The largest absolute Gasteiger partial charge is 0.387 e. The van der Waals surface area contributed by atoms with Crippen LogP contribution in [0.25, 0.3) is 11.1 Å². The highest BCUT2D eigenvalue weighted by Gasteiger charge is 2.35. The lowest BCUT2D eigenvalue weighted by molar-refractivity contribution is -0.0391. The molecular weight excluding hydrogens is 338 g/mol. The first-order valence-electron chi connectivity index (χ1n) is 9.17. The van der Waals surface area contributed by atoms with Crippen molar-refractivity contribution >= 4 is 5.91 Å². The SMILES string of the molecule is CN(C)CC1(O)CCCN(C(=O)c2ccc(-c3cccc(C#N)c3)cc2)C1. The maximum absolute atomic E-state index is 12.9. The zero-order valence-corrected chi connectivity index (χ0v) is 15.9. The average Bonchev–Trinajstić information content (AvgIpc) is 2.66. The fraction of sp³-hybridized carbons (Fsp3) is 0.364. The lowest BCUT2D eigenvalue weighted by Crippen LogP contribution is -2.54. The predicted molar refractivity (Wildman–Crippen MR) is 105 cm³/mol. The highest BCUT2D eigenvalue weighted by atomic mass is 16.3. The molecule has 1 N–H and O–H groups in total. The van der Waals surface area contributed by atoms with Crippen molar-refractivity contribution in [1.29, 1.82) is 5.26 Å². The molecule has 0 aliphatic carbocycles. The Hall–Kier alpha value is -2.68. The summed E-state index contributed by atoms with van der Waals surface area (Å²) in [6, 6.07) is 17.0. The molecule has 1 aliphatic rings. The Morgan fingerprint density at radius 2 is 1.96 bits per heavy atom. The first kappa shape index (κ1) is 19.1. The smallest absolute Gasteiger partial charge is 0.253 e. The Balaban J connectivity index is 1.75. The van der Waals surface area contributed by atoms with E-state index in [1.54, 1.807) is 11.0 Å². The van der Waals surface area contributed by atoms with Gasteiger partial charge in [-0.15, -0.1) is 0 Å². The second-order valence-corrected chi connectivity index (χ2v) is 7.56. The Labute approximate surface area is 160 Å². The topological polar surface area (TPSA) is 67.6 Å². The number of hydrogen-bond donors (Lipinski definition) is 1. The monoisotopic (exact) mass is 363 g/mol. The van der Waals surface area contributed by atoms with Gasteiger partial charge in [-0.2, -0.15) is 5.26 Å². The van der Waals surface area contributed by atoms with Crippen molar-refractivity contribution < 1.29 is 9.90 Å². The van der Waals surface area contributed by atoms with Crippen LogP contribution >= 0.6 is 0 Å². The van der Waals surface area contributed by atoms with Gasteiger partial charge in [0.05, 0.1) is 23.8 Å². The number of likely N-dealkylation sites (tertiary alicyclic amines) is 1. The quantitative estimate of drug-likeness (QED) is 0.907. The number of benzene rings is 2. The minimum Gasteiger partial charge on any atom is -0.387 e. The summed E-state index contributed by atoms with van der Waals surface area (Å²) in [5.41, 5.74) is 2.29. The van der Waals surface area contributed by atoms with Crippen molar-refractivity contribution in [3.05, 3.63) is 59.7 Å². The highest BCUT2D eigenvalue weighted by molar-refractivity contribution is 5.94. The van der Waals surface area contributed by atoms with Crippen LogP contribution in [0.1, 0.15) is 28.8 Å². The fourth-order valence-corrected chi connectivity index (χ4v) is 3.76. The maximum atomic E-state index is 12.9. The van der Waals surface area contributed by atoms with Gasteiger partial charge in [-0.3, -0.25) is 4.79 Å². The molecule has 1 atom stereocenters. The summed E-state index contributed by atoms with van der Waals surface area (Å²) in [5.74, 6) is -0.0517. The molecule has 1 aliphatic heterocycles. The van der Waals surface area contributed by atoms with Crippen LogP contribution in [-0.4, -0.2) is 60.1 Å². The number of likely N-dealkylation sites (N-methyl/N-ethyl adjacent to an activating group) is 1. The zero-order valence-electron chi connectivity index (χ0n) is 15.9. The molecule has 0 radical (unpaired) electrons. The molecule has 1 unspecified atom stereocenters. The van der Waals surface area contributed by atoms with Crippen LogP contribution in [0.15, 0.2) is 48.5 Å². The summed E-state index contributed by atoms with van der Waals surface area (Å²) in [7, 11) is 3.86. The molecule has 27 heavy (non-hydrogen) atoms. The van der Waals surface area contributed by atoms with Gasteiger partial charge in [0.25, 0.3) is 5.91 Å². The van der Waals surface area contributed by atoms with E-state index in [4.69, 9.17) is 5.26 Å². The molecule has 0 spiro atoms. The Morgan fingerprint density at radius 3 is 2.63 bits per heavy atom. The molecule has 2 aromatic rings. The standard InChI is InChI=1S/C22H25N3O2/c1-24(2)15-22(27)11-4-12-25(16-22)21(26)19-9-7-18(8-10-19)20-6-3-5-17(13-20)14-23/h3,5-10,13,27H,4,11-12,15-16H2,1-2H3. The second-order valence-electron chi connectivity index (χ2n) is 7.56. The van der Waals surface area contributed by atoms with Gasteiger partial charge in [0.1, 0.15) is 0 Å². The summed E-state index contributed by atoms with van der Waals surface area (Å²) in [6.07, 6.45) is 1.51. The number of β-amino-alcohol motifs (C(OH)–C–C–N with tert-alkyl or cyclic N) is 1. The number of carbonyl (C=O) groups excluding carboxylic acids is 1. The van der Waals surface area contributed by atoms with E-state index >= 15 is 0 Å². The van der Waals surface area contributed by atoms with Crippen molar-refractivity contribution in [2.45, 2.75) is 18.4 Å². The minimum absolute atomic E-state index is 0.0517. The molecule has 0 bridgehead atoms. The number of piperidine rings is 1. The molecule has 2 aromatic carbocycles. The van der Waals surface area contributed by atoms with Crippen LogP contribution < -0.4 is 0 Å². The molecule has 1 heterocycles. The normalized spacial score (nSPS) is 19.7. The summed E-state index contributed by atoms with van der Waals surface area (Å²) < 4.78 is 0. The van der Waals surface area contributed by atoms with E-state index in [0.29, 0.717) is 37.2 Å². The lowest BCUT2D eigenvalue weighted by atomic mass is 9.92. The van der Waals surface area contributed by atoms with Gasteiger partial charge in [0, 0.05) is 18.7 Å². The van der Waals surface area contributed by atoms with E-state index < -0.39 is 5.60 Å². The number of nitrogens with zero attached hydrogens (tertiary/aromatic N) is 3. The highest BCUT2D eigenvalue weighted by Crippen LogP contribution is 2.25. The molecule has 5 heteroatoms. The van der Waals surface area contributed by atoms with Gasteiger partial charge in [0.15, 0.2) is 0 Å². The van der Waals surface area contributed by atoms with E-state index in [1.807, 2.05) is 61.5 Å². The van der Waals surface area contributed by atoms with Crippen molar-refractivity contribution in [3.63, 3.8) is 0 Å². The third kappa shape index (κ3) is 4.54. The van der Waals surface area contributed by atoms with Crippen molar-refractivity contribution in [2.75, 3.05) is 33.7 Å². The fourth-order valence-electron chi connectivity index (χ4n) is 3.76. The Bertz CT molecular complexity index is 855. The first-order chi connectivity index (χ1) is 12.9. The van der Waals surface area contributed by atoms with Crippen LogP contribution in [0.2, 0.25) is 0 Å². The molecule has 0 saturated carbocycles. The molecule has 3 rings (SSSR count). The molecule has 5 nitrogen and oxygen atoms in total. The van der Waals surface area contributed by atoms with Crippen molar-refractivity contribution in [1.82, 2.24) is 9.80 Å². The molecule has 1 saturated heterocycles. The molecular formula is C22H25N3O2. The summed E-state index contributed by atoms with van der Waals surface area (Å²) in [4.78, 5) is 16.6. The second kappa shape index (κ2) is 7.91. The number of nitriles is 1. The minimum atomic E-state index is -0.852. The number of aliphatic hydroxyl groups is 1. The number of rotatable bonds is 4. The van der Waals surface area contributed by atoms with Crippen LogP contribution in [-0.2, 0) is 0 Å². The molecule has 1 fully saturated rings. The third-order valence-corrected chi connectivity index (χ3v) is 4.91. The van der Waals surface area contributed by atoms with E-state index in [-0.39, 0.29) is 5.91 Å². The van der Waals surface area contributed by atoms with Gasteiger partial charge in [-0.05, 0) is 62.3 Å². The van der Waals surface area contributed by atoms with Gasteiger partial charge < -0.3 is 14.9 Å². The van der Waals surface area contributed by atoms with Crippen LogP contribution in [0.5, 0.6) is 0 Å². The molecule has 140 valence electrons. The van der Waals surface area contributed by atoms with Crippen LogP contribution in [0.3, 0.4) is 0 Å². The predicted octanol–water partition coefficient (Wildman–Crippen LogP) is 2.75. The van der Waals surface area contributed by atoms with Crippen LogP contribution in [0, 0.1) is 11.3 Å². The number of hydrogen-bond acceptors (Lipinski definition) is 4. The Morgan fingerprint density at radius 1 is 1.22 bits per heavy atom. The average molecular weight is 363 g/mol. The lowest BCUT2D eigenvalue weighted by Gasteiger charge is -2.40. The number of carbonyl (C=O) groups is 1. The van der Waals surface area contributed by atoms with E-state index in [1.165, 1.54) is 0 Å². The summed E-state index contributed by atoms with van der Waals surface area (Å²) in [6.45, 7) is 1.57.